The summed E-state index contributed by atoms with van der Waals surface area (Å²) in [6, 6.07) is 8.95. The minimum Gasteiger partial charge on any atom is -0.396 e. The summed E-state index contributed by atoms with van der Waals surface area (Å²) < 4.78 is 0. The Labute approximate surface area is 104 Å². The standard InChI is InChI=1S/C15H23NO/c1-2-3-4-13-5-7-15(8-6-13)16-10-9-14(11-16)12-17/h5-8,14,17H,2-4,9-12H2,1H3. The summed E-state index contributed by atoms with van der Waals surface area (Å²) in [5, 5.41) is 9.15. The number of nitrogens with zero attached hydrogens (tertiary/aromatic N) is 1. The van der Waals surface area contributed by atoms with Crippen molar-refractivity contribution in [2.24, 2.45) is 5.92 Å². The summed E-state index contributed by atoms with van der Waals surface area (Å²) in [4.78, 5) is 2.38. The van der Waals surface area contributed by atoms with Gasteiger partial charge in [0.25, 0.3) is 0 Å². The van der Waals surface area contributed by atoms with Crippen molar-refractivity contribution in [3.8, 4) is 0 Å². The number of aliphatic hydroxyl groups excluding tert-OH is 1. The number of aryl methyl sites for hydroxylation is 1. The fourth-order valence-corrected chi connectivity index (χ4v) is 2.47. The van der Waals surface area contributed by atoms with Crippen molar-refractivity contribution >= 4 is 5.69 Å². The molecule has 0 spiro atoms. The molecule has 1 heterocycles. The lowest BCUT2D eigenvalue weighted by atomic mass is 10.1. The Hall–Kier alpha value is -1.02. The molecule has 1 atom stereocenters. The van der Waals surface area contributed by atoms with E-state index in [1.54, 1.807) is 0 Å². The molecule has 1 unspecified atom stereocenters. The summed E-state index contributed by atoms with van der Waals surface area (Å²) in [7, 11) is 0. The summed E-state index contributed by atoms with van der Waals surface area (Å²) in [5.74, 6) is 0.467. The first-order chi connectivity index (χ1) is 8.33. The third kappa shape index (κ3) is 3.22. The number of hydrogen-bond donors (Lipinski definition) is 1. The molecule has 0 bridgehead atoms. The third-order valence-electron chi connectivity index (χ3n) is 3.66. The van der Waals surface area contributed by atoms with Crippen LogP contribution in [0, 0.1) is 5.92 Å². The average molecular weight is 233 g/mol. The molecule has 1 aliphatic heterocycles. The van der Waals surface area contributed by atoms with Crippen LogP contribution < -0.4 is 4.90 Å². The molecule has 2 rings (SSSR count). The van der Waals surface area contributed by atoms with Gasteiger partial charge in [0.2, 0.25) is 0 Å². The van der Waals surface area contributed by atoms with E-state index in [0.29, 0.717) is 12.5 Å². The van der Waals surface area contributed by atoms with Crippen LogP contribution in [-0.4, -0.2) is 24.8 Å². The van der Waals surface area contributed by atoms with Crippen molar-refractivity contribution < 1.29 is 5.11 Å². The van der Waals surface area contributed by atoms with E-state index >= 15 is 0 Å². The van der Waals surface area contributed by atoms with E-state index in [0.717, 1.165) is 19.5 Å². The van der Waals surface area contributed by atoms with E-state index < -0.39 is 0 Å². The zero-order chi connectivity index (χ0) is 12.1. The minimum absolute atomic E-state index is 0.324. The molecule has 0 saturated carbocycles. The molecule has 1 aromatic rings. The molecule has 94 valence electrons. The minimum atomic E-state index is 0.324. The monoisotopic (exact) mass is 233 g/mol. The highest BCUT2D eigenvalue weighted by Gasteiger charge is 2.21. The lowest BCUT2D eigenvalue weighted by molar-refractivity contribution is 0.238. The number of benzene rings is 1. The van der Waals surface area contributed by atoms with Gasteiger partial charge in [-0.15, -0.1) is 0 Å². The zero-order valence-corrected chi connectivity index (χ0v) is 10.7. The number of rotatable bonds is 5. The predicted molar refractivity (Wildman–Crippen MR) is 72.5 cm³/mol. The normalized spacial score (nSPS) is 19.9. The molecule has 0 amide bonds. The Balaban J connectivity index is 1.94. The summed E-state index contributed by atoms with van der Waals surface area (Å²) in [6.07, 6.45) is 4.84. The Morgan fingerprint density at radius 2 is 2.06 bits per heavy atom. The van der Waals surface area contributed by atoms with Crippen molar-refractivity contribution in [2.45, 2.75) is 32.6 Å². The topological polar surface area (TPSA) is 23.5 Å². The Kier molecular flexibility index (Phi) is 4.43. The highest BCUT2D eigenvalue weighted by atomic mass is 16.3. The molecule has 0 aliphatic carbocycles. The summed E-state index contributed by atoms with van der Waals surface area (Å²) in [6.45, 7) is 4.64. The molecule has 0 aromatic heterocycles. The van der Waals surface area contributed by atoms with Gasteiger partial charge in [0.1, 0.15) is 0 Å². The Morgan fingerprint density at radius 1 is 1.29 bits per heavy atom. The van der Waals surface area contributed by atoms with Crippen LogP contribution in [0.1, 0.15) is 31.7 Å². The molecule has 17 heavy (non-hydrogen) atoms. The van der Waals surface area contributed by atoms with Crippen LogP contribution in [0.15, 0.2) is 24.3 Å². The Bertz CT molecular complexity index is 333. The maximum Gasteiger partial charge on any atom is 0.0476 e. The second kappa shape index (κ2) is 6.06. The molecule has 1 fully saturated rings. The van der Waals surface area contributed by atoms with E-state index in [4.69, 9.17) is 5.11 Å². The van der Waals surface area contributed by atoms with Crippen molar-refractivity contribution in [2.75, 3.05) is 24.6 Å². The van der Waals surface area contributed by atoms with Gasteiger partial charge in [-0.1, -0.05) is 25.5 Å². The fourth-order valence-electron chi connectivity index (χ4n) is 2.47. The first-order valence-corrected chi connectivity index (χ1v) is 6.78. The largest absolute Gasteiger partial charge is 0.396 e. The van der Waals surface area contributed by atoms with Crippen LogP contribution in [-0.2, 0) is 6.42 Å². The van der Waals surface area contributed by atoms with Crippen LogP contribution in [0.4, 0.5) is 5.69 Å². The average Bonchev–Trinajstić information content (AvgIpc) is 2.86. The second-order valence-corrected chi connectivity index (χ2v) is 5.05. The van der Waals surface area contributed by atoms with Gasteiger partial charge >= 0.3 is 0 Å². The lowest BCUT2D eigenvalue weighted by Crippen LogP contribution is -2.20. The van der Waals surface area contributed by atoms with E-state index in [1.165, 1.54) is 30.5 Å². The molecule has 1 aromatic carbocycles. The number of unbranched alkanes of at least 4 members (excludes halogenated alkanes) is 1. The van der Waals surface area contributed by atoms with Gasteiger partial charge in [-0.05, 0) is 37.0 Å². The maximum absolute atomic E-state index is 9.15. The number of anilines is 1. The molecule has 2 heteroatoms. The maximum atomic E-state index is 9.15. The van der Waals surface area contributed by atoms with E-state index in [9.17, 15) is 0 Å². The van der Waals surface area contributed by atoms with Crippen molar-refractivity contribution in [1.82, 2.24) is 0 Å². The highest BCUT2D eigenvalue weighted by Crippen LogP contribution is 2.24. The van der Waals surface area contributed by atoms with Crippen molar-refractivity contribution in [3.63, 3.8) is 0 Å². The molecule has 1 N–H and O–H groups in total. The van der Waals surface area contributed by atoms with E-state index in [1.807, 2.05) is 0 Å². The van der Waals surface area contributed by atoms with E-state index in [2.05, 4.69) is 36.1 Å². The summed E-state index contributed by atoms with van der Waals surface area (Å²) in [5.41, 5.74) is 2.75. The molecule has 1 aliphatic rings. The smallest absolute Gasteiger partial charge is 0.0476 e. The quantitative estimate of drug-likeness (QED) is 0.845. The van der Waals surface area contributed by atoms with Gasteiger partial charge in [-0.3, -0.25) is 0 Å². The first-order valence-electron chi connectivity index (χ1n) is 6.78. The Morgan fingerprint density at radius 3 is 2.65 bits per heavy atom. The predicted octanol–water partition coefficient (Wildman–Crippen LogP) is 2.85. The van der Waals surface area contributed by atoms with Gasteiger partial charge in [0, 0.05) is 31.3 Å². The number of aliphatic hydroxyl groups is 1. The van der Waals surface area contributed by atoms with Crippen LogP contribution in [0.5, 0.6) is 0 Å². The van der Waals surface area contributed by atoms with Gasteiger partial charge in [-0.2, -0.15) is 0 Å². The van der Waals surface area contributed by atoms with Gasteiger partial charge in [-0.25, -0.2) is 0 Å². The first kappa shape index (κ1) is 12.4. The highest BCUT2D eigenvalue weighted by molar-refractivity contribution is 5.48. The lowest BCUT2D eigenvalue weighted by Gasteiger charge is -2.18. The number of hydrogen-bond acceptors (Lipinski definition) is 2. The summed E-state index contributed by atoms with van der Waals surface area (Å²) >= 11 is 0. The van der Waals surface area contributed by atoms with Crippen molar-refractivity contribution in [1.29, 1.82) is 0 Å². The SMILES string of the molecule is CCCCc1ccc(N2CCC(CO)C2)cc1. The van der Waals surface area contributed by atoms with Gasteiger partial charge in [0.05, 0.1) is 0 Å². The van der Waals surface area contributed by atoms with Gasteiger partial charge in [0.15, 0.2) is 0 Å². The molecular formula is C15H23NO. The van der Waals surface area contributed by atoms with Gasteiger partial charge < -0.3 is 10.0 Å². The second-order valence-electron chi connectivity index (χ2n) is 5.05. The zero-order valence-electron chi connectivity index (χ0n) is 10.7. The van der Waals surface area contributed by atoms with Crippen molar-refractivity contribution in [3.05, 3.63) is 29.8 Å². The molecule has 2 nitrogen and oxygen atoms in total. The van der Waals surface area contributed by atoms with Crippen LogP contribution in [0.2, 0.25) is 0 Å². The van der Waals surface area contributed by atoms with Crippen LogP contribution >= 0.6 is 0 Å². The fraction of sp³-hybridized carbons (Fsp3) is 0.600. The molecular weight excluding hydrogens is 210 g/mol. The van der Waals surface area contributed by atoms with Crippen LogP contribution in [0.25, 0.3) is 0 Å². The molecule has 0 radical (unpaired) electrons. The molecule has 1 saturated heterocycles. The van der Waals surface area contributed by atoms with E-state index in [-0.39, 0.29) is 0 Å². The third-order valence-corrected chi connectivity index (χ3v) is 3.66. The van der Waals surface area contributed by atoms with Crippen LogP contribution in [0.3, 0.4) is 0 Å².